The molecule has 0 unspecified atom stereocenters. The molecule has 2 rings (SSSR count). The third-order valence-corrected chi connectivity index (χ3v) is 3.31. The normalized spacial score (nSPS) is 10.2. The summed E-state index contributed by atoms with van der Waals surface area (Å²) >= 11 is 13.0. The summed E-state index contributed by atoms with van der Waals surface area (Å²) in [5, 5.41) is 4.93. The van der Waals surface area contributed by atoms with E-state index in [1.165, 1.54) is 23.5 Å². The third-order valence-electron chi connectivity index (χ3n) is 2.01. The molecule has 0 aliphatic heterocycles. The minimum absolute atomic E-state index is 0.328. The van der Waals surface area contributed by atoms with E-state index in [0.29, 0.717) is 27.1 Å². The Morgan fingerprint density at radius 1 is 1.35 bits per heavy atom. The highest BCUT2D eigenvalue weighted by molar-refractivity contribution is 7.07. The van der Waals surface area contributed by atoms with Gasteiger partial charge in [0.25, 0.3) is 5.91 Å². The average molecular weight is 288 g/mol. The summed E-state index contributed by atoms with van der Waals surface area (Å²) in [4.78, 5) is 15.6. The number of nitrogens with zero attached hydrogens (tertiary/aromatic N) is 1. The monoisotopic (exact) mass is 287 g/mol. The van der Waals surface area contributed by atoms with E-state index < -0.39 is 0 Å². The lowest BCUT2D eigenvalue weighted by molar-refractivity contribution is 0.102. The molecule has 1 aromatic heterocycles. The molecule has 0 bridgehead atoms. The van der Waals surface area contributed by atoms with Crippen LogP contribution in [-0.2, 0) is 0 Å². The van der Waals surface area contributed by atoms with Gasteiger partial charge in [-0.05, 0) is 12.1 Å². The van der Waals surface area contributed by atoms with Crippen LogP contribution in [0, 0.1) is 0 Å². The first-order valence-electron chi connectivity index (χ1n) is 4.52. The fourth-order valence-corrected chi connectivity index (χ4v) is 2.05. The van der Waals surface area contributed by atoms with Gasteiger partial charge in [0.05, 0.1) is 26.9 Å². The average Bonchev–Trinajstić information content (AvgIpc) is 2.79. The van der Waals surface area contributed by atoms with Crippen molar-refractivity contribution < 1.29 is 4.79 Å². The Balaban J connectivity index is 2.25. The van der Waals surface area contributed by atoms with Gasteiger partial charge in [-0.2, -0.15) is 0 Å². The van der Waals surface area contributed by atoms with Crippen LogP contribution >= 0.6 is 34.5 Å². The Kier molecular flexibility index (Phi) is 3.51. The van der Waals surface area contributed by atoms with Gasteiger partial charge < -0.3 is 11.1 Å². The van der Waals surface area contributed by atoms with Crippen LogP contribution in [0.4, 0.5) is 11.4 Å². The molecule has 1 aromatic carbocycles. The highest BCUT2D eigenvalue weighted by Crippen LogP contribution is 2.30. The van der Waals surface area contributed by atoms with Crippen LogP contribution in [-0.4, -0.2) is 10.9 Å². The van der Waals surface area contributed by atoms with Gasteiger partial charge >= 0.3 is 0 Å². The van der Waals surface area contributed by atoms with E-state index in [9.17, 15) is 4.79 Å². The minimum Gasteiger partial charge on any atom is -0.397 e. The first-order valence-corrected chi connectivity index (χ1v) is 6.22. The molecular formula is C10H7Cl2N3OS. The van der Waals surface area contributed by atoms with Crippen molar-refractivity contribution in [3.63, 3.8) is 0 Å². The second-order valence-corrected chi connectivity index (χ2v) is 4.71. The van der Waals surface area contributed by atoms with Crippen LogP contribution < -0.4 is 11.1 Å². The first kappa shape index (κ1) is 12.2. The van der Waals surface area contributed by atoms with Crippen molar-refractivity contribution in [1.29, 1.82) is 0 Å². The first-order chi connectivity index (χ1) is 8.08. The smallest absolute Gasteiger partial charge is 0.275 e. The second-order valence-electron chi connectivity index (χ2n) is 3.18. The van der Waals surface area contributed by atoms with E-state index in [1.807, 2.05) is 0 Å². The summed E-state index contributed by atoms with van der Waals surface area (Å²) in [6.07, 6.45) is 0. The lowest BCUT2D eigenvalue weighted by atomic mass is 10.2. The topological polar surface area (TPSA) is 68.0 Å². The summed E-state index contributed by atoms with van der Waals surface area (Å²) in [5.74, 6) is -0.337. The maximum absolute atomic E-state index is 11.7. The van der Waals surface area contributed by atoms with Crippen molar-refractivity contribution >= 4 is 51.8 Å². The Bertz CT molecular complexity index is 557. The number of amides is 1. The number of aromatic nitrogens is 1. The van der Waals surface area contributed by atoms with Crippen molar-refractivity contribution in [3.05, 3.63) is 38.8 Å². The Hall–Kier alpha value is -1.30. The van der Waals surface area contributed by atoms with Gasteiger partial charge in [0.1, 0.15) is 5.69 Å². The van der Waals surface area contributed by atoms with E-state index >= 15 is 0 Å². The molecule has 1 amide bonds. The molecule has 0 atom stereocenters. The molecule has 4 nitrogen and oxygen atoms in total. The Morgan fingerprint density at radius 3 is 2.71 bits per heavy atom. The second kappa shape index (κ2) is 4.91. The molecule has 0 spiro atoms. The van der Waals surface area contributed by atoms with Crippen molar-refractivity contribution in [3.8, 4) is 0 Å². The molecule has 7 heteroatoms. The predicted octanol–water partition coefficient (Wildman–Crippen LogP) is 3.28. The lowest BCUT2D eigenvalue weighted by Gasteiger charge is -2.08. The molecular weight excluding hydrogens is 281 g/mol. The summed E-state index contributed by atoms with van der Waals surface area (Å²) in [5.41, 5.74) is 8.39. The summed E-state index contributed by atoms with van der Waals surface area (Å²) in [6, 6.07) is 2.99. The number of hydrogen-bond acceptors (Lipinski definition) is 4. The van der Waals surface area contributed by atoms with Gasteiger partial charge in [-0.1, -0.05) is 23.2 Å². The van der Waals surface area contributed by atoms with Crippen LogP contribution in [0.25, 0.3) is 0 Å². The van der Waals surface area contributed by atoms with Gasteiger partial charge in [-0.25, -0.2) is 4.98 Å². The van der Waals surface area contributed by atoms with E-state index in [-0.39, 0.29) is 5.91 Å². The number of nitrogen functional groups attached to an aromatic ring is 1. The predicted molar refractivity (Wildman–Crippen MR) is 70.9 cm³/mol. The summed E-state index contributed by atoms with van der Waals surface area (Å²) < 4.78 is 0. The number of carbonyl (C=O) groups excluding carboxylic acids is 1. The number of benzene rings is 1. The van der Waals surface area contributed by atoms with Crippen LogP contribution in [0.3, 0.4) is 0 Å². The molecule has 88 valence electrons. The van der Waals surface area contributed by atoms with Crippen molar-refractivity contribution in [2.75, 3.05) is 11.1 Å². The maximum atomic E-state index is 11.7. The van der Waals surface area contributed by atoms with Gasteiger partial charge in [0.2, 0.25) is 0 Å². The number of hydrogen-bond donors (Lipinski definition) is 2. The van der Waals surface area contributed by atoms with E-state index in [4.69, 9.17) is 28.9 Å². The minimum atomic E-state index is -0.337. The zero-order valence-electron chi connectivity index (χ0n) is 8.41. The van der Waals surface area contributed by atoms with E-state index in [1.54, 1.807) is 10.9 Å². The molecule has 0 radical (unpaired) electrons. The quantitative estimate of drug-likeness (QED) is 0.833. The lowest BCUT2D eigenvalue weighted by Crippen LogP contribution is -2.13. The van der Waals surface area contributed by atoms with Gasteiger partial charge in [-0.3, -0.25) is 4.79 Å². The molecule has 0 saturated carbocycles. The number of anilines is 2. The molecule has 0 fully saturated rings. The van der Waals surface area contributed by atoms with Crippen LogP contribution in [0.15, 0.2) is 23.0 Å². The van der Waals surface area contributed by atoms with Crippen molar-refractivity contribution in [1.82, 2.24) is 4.98 Å². The summed E-state index contributed by atoms with van der Waals surface area (Å²) in [7, 11) is 0. The molecule has 1 heterocycles. The maximum Gasteiger partial charge on any atom is 0.275 e. The fourth-order valence-electron chi connectivity index (χ4n) is 1.18. The standard InChI is InChI=1S/C10H7Cl2N3OS/c11-5-1-7(13)8(2-6(5)12)15-10(16)9-3-17-4-14-9/h1-4H,13H2,(H,15,16). The molecule has 3 N–H and O–H groups in total. The number of carbonyl (C=O) groups is 1. The molecule has 17 heavy (non-hydrogen) atoms. The van der Waals surface area contributed by atoms with Gasteiger partial charge in [-0.15, -0.1) is 11.3 Å². The van der Waals surface area contributed by atoms with Gasteiger partial charge in [0, 0.05) is 5.38 Å². The van der Waals surface area contributed by atoms with E-state index in [2.05, 4.69) is 10.3 Å². The number of nitrogens with two attached hydrogens (primary N) is 1. The number of thiazole rings is 1. The third kappa shape index (κ3) is 2.69. The van der Waals surface area contributed by atoms with Crippen LogP contribution in [0.2, 0.25) is 10.0 Å². The molecule has 0 aliphatic carbocycles. The fraction of sp³-hybridized carbons (Fsp3) is 0. The SMILES string of the molecule is Nc1cc(Cl)c(Cl)cc1NC(=O)c1cscn1. The van der Waals surface area contributed by atoms with Crippen LogP contribution in [0.5, 0.6) is 0 Å². The van der Waals surface area contributed by atoms with E-state index in [0.717, 1.165) is 0 Å². The molecule has 0 saturated heterocycles. The largest absolute Gasteiger partial charge is 0.397 e. The number of rotatable bonds is 2. The summed E-state index contributed by atoms with van der Waals surface area (Å²) in [6.45, 7) is 0. The highest BCUT2D eigenvalue weighted by atomic mass is 35.5. The van der Waals surface area contributed by atoms with Crippen LogP contribution in [0.1, 0.15) is 10.5 Å². The molecule has 0 aliphatic rings. The van der Waals surface area contributed by atoms with Gasteiger partial charge in [0.15, 0.2) is 0 Å². The highest BCUT2D eigenvalue weighted by Gasteiger charge is 2.11. The molecule has 2 aromatic rings. The van der Waals surface area contributed by atoms with Crippen molar-refractivity contribution in [2.24, 2.45) is 0 Å². The Morgan fingerprint density at radius 2 is 2.06 bits per heavy atom. The zero-order valence-corrected chi connectivity index (χ0v) is 10.7. The number of nitrogens with one attached hydrogen (secondary N) is 1. The zero-order chi connectivity index (χ0) is 12.4. The van der Waals surface area contributed by atoms with Crippen molar-refractivity contribution in [2.45, 2.75) is 0 Å². The Labute approximate surface area is 111 Å². The number of halogens is 2.